The standard InChI is InChI=1S/C12H13FN4O2/c1-19-10-4-2-3-9(13)12(10)17-7-8(5-11(17)18)6-15-16-14/h2-4,8H,5-7H2,1H3. The van der Waals surface area contributed by atoms with Crippen molar-refractivity contribution in [1.82, 2.24) is 0 Å². The van der Waals surface area contributed by atoms with Crippen LogP contribution in [0.2, 0.25) is 0 Å². The first-order valence-corrected chi connectivity index (χ1v) is 5.81. The highest BCUT2D eigenvalue weighted by molar-refractivity contribution is 5.97. The molecule has 0 N–H and O–H groups in total. The van der Waals surface area contributed by atoms with Crippen LogP contribution < -0.4 is 9.64 Å². The molecule has 1 heterocycles. The minimum Gasteiger partial charge on any atom is -0.494 e. The van der Waals surface area contributed by atoms with Crippen LogP contribution in [0.5, 0.6) is 5.75 Å². The summed E-state index contributed by atoms with van der Waals surface area (Å²) < 4.78 is 19.0. The number of carbonyl (C=O) groups excluding carboxylic acids is 1. The Bertz CT molecular complexity index is 543. The molecule has 1 atom stereocenters. The maximum atomic E-state index is 13.9. The summed E-state index contributed by atoms with van der Waals surface area (Å²) in [4.78, 5) is 16.0. The lowest BCUT2D eigenvalue weighted by Crippen LogP contribution is -2.26. The number of benzene rings is 1. The molecule has 0 saturated carbocycles. The molecule has 0 radical (unpaired) electrons. The lowest BCUT2D eigenvalue weighted by atomic mass is 10.1. The number of nitrogens with zero attached hydrogens (tertiary/aromatic N) is 4. The molecule has 0 aromatic heterocycles. The summed E-state index contributed by atoms with van der Waals surface area (Å²) in [6, 6.07) is 4.41. The third-order valence-electron chi connectivity index (χ3n) is 3.05. The number of anilines is 1. The number of hydrogen-bond acceptors (Lipinski definition) is 3. The van der Waals surface area contributed by atoms with Crippen LogP contribution in [0, 0.1) is 11.7 Å². The monoisotopic (exact) mass is 264 g/mol. The Morgan fingerprint density at radius 2 is 2.42 bits per heavy atom. The second-order valence-corrected chi connectivity index (χ2v) is 4.28. The van der Waals surface area contributed by atoms with Gasteiger partial charge in [-0.2, -0.15) is 0 Å². The number of azide groups is 1. The van der Waals surface area contributed by atoms with Crippen LogP contribution in [-0.2, 0) is 4.79 Å². The van der Waals surface area contributed by atoms with E-state index < -0.39 is 5.82 Å². The van der Waals surface area contributed by atoms with E-state index in [4.69, 9.17) is 10.3 Å². The number of rotatable bonds is 4. The van der Waals surface area contributed by atoms with Crippen molar-refractivity contribution in [2.75, 3.05) is 25.1 Å². The van der Waals surface area contributed by atoms with Crippen molar-refractivity contribution < 1.29 is 13.9 Å². The Balaban J connectivity index is 2.27. The third kappa shape index (κ3) is 2.61. The molecule has 6 nitrogen and oxygen atoms in total. The van der Waals surface area contributed by atoms with Crippen molar-refractivity contribution in [3.8, 4) is 5.75 Å². The molecule has 100 valence electrons. The van der Waals surface area contributed by atoms with Crippen molar-refractivity contribution in [3.63, 3.8) is 0 Å². The minimum atomic E-state index is -0.503. The molecule has 1 aliphatic heterocycles. The third-order valence-corrected chi connectivity index (χ3v) is 3.05. The summed E-state index contributed by atoms with van der Waals surface area (Å²) in [6.45, 7) is 0.560. The topological polar surface area (TPSA) is 78.3 Å². The summed E-state index contributed by atoms with van der Waals surface area (Å²) in [5.41, 5.74) is 8.43. The van der Waals surface area contributed by atoms with Gasteiger partial charge in [-0.25, -0.2) is 4.39 Å². The summed E-state index contributed by atoms with van der Waals surface area (Å²) in [5.74, 6) is -0.468. The van der Waals surface area contributed by atoms with E-state index >= 15 is 0 Å². The molecule has 0 spiro atoms. The highest BCUT2D eigenvalue weighted by Gasteiger charge is 2.33. The highest BCUT2D eigenvalue weighted by Crippen LogP contribution is 2.35. The number of ether oxygens (including phenoxy) is 1. The summed E-state index contributed by atoms with van der Waals surface area (Å²) in [6.07, 6.45) is 0.247. The van der Waals surface area contributed by atoms with Gasteiger partial charge in [-0.3, -0.25) is 4.79 Å². The molecule has 1 amide bonds. The van der Waals surface area contributed by atoms with Gasteiger partial charge in [-0.05, 0) is 23.6 Å². The van der Waals surface area contributed by atoms with Gasteiger partial charge in [0.05, 0.1) is 7.11 Å². The van der Waals surface area contributed by atoms with E-state index in [1.54, 1.807) is 6.07 Å². The van der Waals surface area contributed by atoms with E-state index in [0.717, 1.165) is 0 Å². The zero-order valence-electron chi connectivity index (χ0n) is 10.4. The molecule has 0 bridgehead atoms. The van der Waals surface area contributed by atoms with Crippen molar-refractivity contribution in [3.05, 3.63) is 34.5 Å². The molecule has 2 rings (SSSR count). The van der Waals surface area contributed by atoms with Gasteiger partial charge in [0.1, 0.15) is 11.4 Å². The van der Waals surface area contributed by atoms with Crippen molar-refractivity contribution in [2.24, 2.45) is 11.0 Å². The predicted molar refractivity (Wildman–Crippen MR) is 67.4 cm³/mol. The number of hydrogen-bond donors (Lipinski definition) is 0. The Labute approximate surface area is 109 Å². The lowest BCUT2D eigenvalue weighted by molar-refractivity contribution is -0.117. The molecule has 1 aliphatic rings. The smallest absolute Gasteiger partial charge is 0.227 e. The Kier molecular flexibility index (Phi) is 3.87. The van der Waals surface area contributed by atoms with Gasteiger partial charge in [0.2, 0.25) is 5.91 Å². The van der Waals surface area contributed by atoms with Gasteiger partial charge in [-0.1, -0.05) is 11.2 Å². The van der Waals surface area contributed by atoms with E-state index in [1.807, 2.05) is 0 Å². The molecule has 1 aromatic rings. The average molecular weight is 264 g/mol. The fourth-order valence-electron chi connectivity index (χ4n) is 2.19. The summed E-state index contributed by atoms with van der Waals surface area (Å²) in [5, 5.41) is 3.46. The number of halogens is 1. The van der Waals surface area contributed by atoms with Crippen LogP contribution >= 0.6 is 0 Å². The van der Waals surface area contributed by atoms with Crippen LogP contribution in [0.4, 0.5) is 10.1 Å². The summed E-state index contributed by atoms with van der Waals surface area (Å²) >= 11 is 0. The first kappa shape index (κ1) is 13.2. The van der Waals surface area contributed by atoms with Crippen molar-refractivity contribution >= 4 is 11.6 Å². The fraction of sp³-hybridized carbons (Fsp3) is 0.417. The fourth-order valence-corrected chi connectivity index (χ4v) is 2.19. The second-order valence-electron chi connectivity index (χ2n) is 4.28. The largest absolute Gasteiger partial charge is 0.494 e. The van der Waals surface area contributed by atoms with Crippen LogP contribution in [0.3, 0.4) is 0 Å². The lowest BCUT2D eigenvalue weighted by Gasteiger charge is -2.20. The van der Waals surface area contributed by atoms with E-state index in [1.165, 1.54) is 24.1 Å². The minimum absolute atomic E-state index is 0.0901. The number of amides is 1. The SMILES string of the molecule is COc1cccc(F)c1N1CC(CN=[N+]=[N-])CC1=O. The van der Waals surface area contributed by atoms with Gasteiger partial charge in [0.25, 0.3) is 0 Å². The molecule has 19 heavy (non-hydrogen) atoms. The van der Waals surface area contributed by atoms with Crippen LogP contribution in [0.25, 0.3) is 10.4 Å². The maximum absolute atomic E-state index is 13.9. The second kappa shape index (κ2) is 5.58. The molecule has 1 saturated heterocycles. The quantitative estimate of drug-likeness (QED) is 0.475. The van der Waals surface area contributed by atoms with Gasteiger partial charge < -0.3 is 9.64 Å². The average Bonchev–Trinajstić information content (AvgIpc) is 2.77. The first-order valence-electron chi connectivity index (χ1n) is 5.81. The molecule has 7 heteroatoms. The zero-order valence-corrected chi connectivity index (χ0v) is 10.4. The highest BCUT2D eigenvalue weighted by atomic mass is 19.1. The number of para-hydroxylation sites is 1. The van der Waals surface area contributed by atoms with Crippen molar-refractivity contribution in [1.29, 1.82) is 0 Å². The van der Waals surface area contributed by atoms with E-state index in [9.17, 15) is 9.18 Å². The molecular weight excluding hydrogens is 251 g/mol. The van der Waals surface area contributed by atoms with E-state index in [0.29, 0.717) is 12.3 Å². The van der Waals surface area contributed by atoms with Gasteiger partial charge >= 0.3 is 0 Å². The molecule has 0 aliphatic carbocycles. The maximum Gasteiger partial charge on any atom is 0.227 e. The molecule has 1 unspecified atom stereocenters. The van der Waals surface area contributed by atoms with Gasteiger partial charge in [0.15, 0.2) is 5.82 Å². The number of carbonyl (C=O) groups is 1. The number of methoxy groups -OCH3 is 1. The first-order chi connectivity index (χ1) is 9.17. The Morgan fingerprint density at radius 3 is 3.11 bits per heavy atom. The van der Waals surface area contributed by atoms with Crippen LogP contribution in [0.15, 0.2) is 23.3 Å². The Morgan fingerprint density at radius 1 is 1.63 bits per heavy atom. The van der Waals surface area contributed by atoms with Gasteiger partial charge in [-0.15, -0.1) is 0 Å². The van der Waals surface area contributed by atoms with Gasteiger partial charge in [0, 0.05) is 24.4 Å². The molecule has 1 fully saturated rings. The van der Waals surface area contributed by atoms with Crippen LogP contribution in [0.1, 0.15) is 6.42 Å². The predicted octanol–water partition coefficient (Wildman–Crippen LogP) is 2.50. The zero-order chi connectivity index (χ0) is 13.8. The van der Waals surface area contributed by atoms with E-state index in [-0.39, 0.29) is 30.5 Å². The molecule has 1 aromatic carbocycles. The Hall–Kier alpha value is -2.27. The normalized spacial score (nSPS) is 18.3. The van der Waals surface area contributed by atoms with Crippen LogP contribution in [-0.4, -0.2) is 26.1 Å². The molecular formula is C12H13FN4O2. The van der Waals surface area contributed by atoms with E-state index in [2.05, 4.69) is 10.0 Å². The van der Waals surface area contributed by atoms with Crippen molar-refractivity contribution in [2.45, 2.75) is 6.42 Å². The summed E-state index contributed by atoms with van der Waals surface area (Å²) in [7, 11) is 1.43.